The molecule has 0 aliphatic rings. The van der Waals surface area contributed by atoms with Gasteiger partial charge in [-0.3, -0.25) is 9.69 Å². The second-order valence-corrected chi connectivity index (χ2v) is 6.12. The summed E-state index contributed by atoms with van der Waals surface area (Å²) in [4.78, 5) is 14.0. The minimum atomic E-state index is -2.93. The number of alkyl halides is 2. The van der Waals surface area contributed by atoms with E-state index >= 15 is 0 Å². The third kappa shape index (κ3) is 6.52. The van der Waals surface area contributed by atoms with Crippen LogP contribution in [0.15, 0.2) is 42.5 Å². The van der Waals surface area contributed by atoms with Crippen LogP contribution in [-0.2, 0) is 17.8 Å². The number of methoxy groups -OCH3 is 1. The molecular formula is C20H21F2N3O3. The van der Waals surface area contributed by atoms with E-state index in [1.807, 2.05) is 0 Å². The maximum atomic E-state index is 12.4. The van der Waals surface area contributed by atoms with Crippen molar-refractivity contribution in [3.8, 4) is 17.6 Å². The largest absolute Gasteiger partial charge is 0.493 e. The highest BCUT2D eigenvalue weighted by molar-refractivity contribution is 5.92. The maximum Gasteiger partial charge on any atom is 0.387 e. The average molecular weight is 389 g/mol. The van der Waals surface area contributed by atoms with Gasteiger partial charge in [0.25, 0.3) is 0 Å². The summed E-state index contributed by atoms with van der Waals surface area (Å²) >= 11 is 0. The minimum Gasteiger partial charge on any atom is -0.493 e. The molecule has 0 saturated heterocycles. The topological polar surface area (TPSA) is 74.6 Å². The van der Waals surface area contributed by atoms with Crippen molar-refractivity contribution in [3.63, 3.8) is 0 Å². The number of rotatable bonds is 9. The van der Waals surface area contributed by atoms with Crippen molar-refractivity contribution in [3.05, 3.63) is 53.6 Å². The normalized spacial score (nSPS) is 10.6. The first kappa shape index (κ1) is 21.1. The Morgan fingerprint density at radius 3 is 2.46 bits per heavy atom. The van der Waals surface area contributed by atoms with Crippen molar-refractivity contribution in [1.29, 1.82) is 5.26 Å². The van der Waals surface area contributed by atoms with Gasteiger partial charge in [-0.1, -0.05) is 18.2 Å². The van der Waals surface area contributed by atoms with Gasteiger partial charge < -0.3 is 14.8 Å². The predicted octanol–water partition coefficient (Wildman–Crippen LogP) is 3.43. The summed E-state index contributed by atoms with van der Waals surface area (Å²) in [6.45, 7) is -2.38. The zero-order chi connectivity index (χ0) is 20.5. The zero-order valence-corrected chi connectivity index (χ0v) is 15.6. The SMILES string of the molecule is COc1cc(CN(C)CC(=O)Nc2ccc(CC#N)cc2)ccc1OC(F)F. The summed E-state index contributed by atoms with van der Waals surface area (Å²) in [5.41, 5.74) is 2.32. The Morgan fingerprint density at radius 2 is 1.86 bits per heavy atom. The number of likely N-dealkylation sites (N-methyl/N-ethyl adjacent to an activating group) is 1. The number of nitriles is 1. The smallest absolute Gasteiger partial charge is 0.387 e. The molecule has 0 atom stereocenters. The van der Waals surface area contributed by atoms with Crippen molar-refractivity contribution in [1.82, 2.24) is 4.90 Å². The number of nitrogens with zero attached hydrogens (tertiary/aromatic N) is 2. The highest BCUT2D eigenvalue weighted by Gasteiger charge is 2.13. The van der Waals surface area contributed by atoms with Gasteiger partial charge in [0.1, 0.15) is 0 Å². The molecule has 0 bridgehead atoms. The van der Waals surface area contributed by atoms with Crippen LogP contribution in [0.4, 0.5) is 14.5 Å². The number of ether oxygens (including phenoxy) is 2. The molecule has 2 rings (SSSR count). The fraction of sp³-hybridized carbons (Fsp3) is 0.300. The molecule has 0 unspecified atom stereocenters. The second kappa shape index (κ2) is 10.2. The van der Waals surface area contributed by atoms with E-state index in [4.69, 9.17) is 10.00 Å². The van der Waals surface area contributed by atoms with Gasteiger partial charge in [-0.15, -0.1) is 0 Å². The molecule has 0 aliphatic carbocycles. The first-order valence-electron chi connectivity index (χ1n) is 8.47. The Morgan fingerprint density at radius 1 is 1.18 bits per heavy atom. The number of hydrogen-bond donors (Lipinski definition) is 1. The van der Waals surface area contributed by atoms with Crippen LogP contribution in [0.1, 0.15) is 11.1 Å². The molecule has 1 N–H and O–H groups in total. The highest BCUT2D eigenvalue weighted by Crippen LogP contribution is 2.29. The lowest BCUT2D eigenvalue weighted by Crippen LogP contribution is -2.29. The van der Waals surface area contributed by atoms with Gasteiger partial charge in [0.2, 0.25) is 5.91 Å². The van der Waals surface area contributed by atoms with Gasteiger partial charge in [-0.05, 0) is 42.4 Å². The van der Waals surface area contributed by atoms with Crippen LogP contribution in [-0.4, -0.2) is 38.1 Å². The summed E-state index contributed by atoms with van der Waals surface area (Å²) in [6.07, 6.45) is 0.321. The highest BCUT2D eigenvalue weighted by atomic mass is 19.3. The molecule has 6 nitrogen and oxygen atoms in total. The molecule has 148 valence electrons. The van der Waals surface area contributed by atoms with E-state index in [0.717, 1.165) is 11.1 Å². The number of anilines is 1. The third-order valence-electron chi connectivity index (χ3n) is 3.83. The fourth-order valence-corrected chi connectivity index (χ4v) is 2.61. The molecular weight excluding hydrogens is 368 g/mol. The minimum absolute atomic E-state index is 0.0403. The van der Waals surface area contributed by atoms with Crippen molar-refractivity contribution in [2.24, 2.45) is 0 Å². The Hall–Kier alpha value is -3.18. The summed E-state index contributed by atoms with van der Waals surface area (Å²) in [5.74, 6) is -0.0326. The molecule has 0 spiro atoms. The Bertz CT molecular complexity index is 836. The lowest BCUT2D eigenvalue weighted by molar-refractivity contribution is -0.117. The third-order valence-corrected chi connectivity index (χ3v) is 3.83. The van der Waals surface area contributed by atoms with Crippen LogP contribution in [0.25, 0.3) is 0 Å². The number of carbonyl (C=O) groups is 1. The molecule has 1 amide bonds. The molecule has 0 fully saturated rings. The number of halogens is 2. The quantitative estimate of drug-likeness (QED) is 0.711. The number of hydrogen-bond acceptors (Lipinski definition) is 5. The monoisotopic (exact) mass is 389 g/mol. The molecule has 2 aromatic rings. The molecule has 0 aromatic heterocycles. The summed E-state index contributed by atoms with van der Waals surface area (Å²) in [7, 11) is 3.14. The van der Waals surface area contributed by atoms with Gasteiger partial charge >= 0.3 is 6.61 Å². The van der Waals surface area contributed by atoms with Crippen LogP contribution in [0.3, 0.4) is 0 Å². The first-order valence-corrected chi connectivity index (χ1v) is 8.47. The van der Waals surface area contributed by atoms with Crippen LogP contribution >= 0.6 is 0 Å². The summed E-state index contributed by atoms with van der Waals surface area (Å²) in [5, 5.41) is 11.5. The zero-order valence-electron chi connectivity index (χ0n) is 15.6. The van der Waals surface area contributed by atoms with E-state index in [0.29, 0.717) is 18.7 Å². The van der Waals surface area contributed by atoms with Crippen LogP contribution in [0.5, 0.6) is 11.5 Å². The second-order valence-electron chi connectivity index (χ2n) is 6.12. The van der Waals surface area contributed by atoms with Gasteiger partial charge in [-0.2, -0.15) is 14.0 Å². The van der Waals surface area contributed by atoms with Crippen molar-refractivity contribution < 1.29 is 23.0 Å². The molecule has 0 aliphatic heterocycles. The van der Waals surface area contributed by atoms with Crippen LogP contribution in [0.2, 0.25) is 0 Å². The maximum absolute atomic E-state index is 12.4. The van der Waals surface area contributed by atoms with E-state index in [1.54, 1.807) is 48.3 Å². The molecule has 28 heavy (non-hydrogen) atoms. The molecule has 8 heteroatoms. The Balaban J connectivity index is 1.91. The lowest BCUT2D eigenvalue weighted by atomic mass is 10.1. The fourth-order valence-electron chi connectivity index (χ4n) is 2.61. The molecule has 2 aromatic carbocycles. The van der Waals surface area contributed by atoms with Gasteiger partial charge in [0.15, 0.2) is 11.5 Å². The van der Waals surface area contributed by atoms with Gasteiger partial charge in [-0.25, -0.2) is 0 Å². The first-order chi connectivity index (χ1) is 13.4. The van der Waals surface area contributed by atoms with Crippen molar-refractivity contribution in [2.75, 3.05) is 26.0 Å². The molecule has 0 saturated carbocycles. The predicted molar refractivity (Wildman–Crippen MR) is 100 cm³/mol. The Labute approximate surface area is 162 Å². The van der Waals surface area contributed by atoms with E-state index in [1.165, 1.54) is 13.2 Å². The van der Waals surface area contributed by atoms with E-state index in [2.05, 4.69) is 16.1 Å². The van der Waals surface area contributed by atoms with Crippen molar-refractivity contribution in [2.45, 2.75) is 19.6 Å². The molecule has 0 heterocycles. The van der Waals surface area contributed by atoms with Crippen molar-refractivity contribution >= 4 is 11.6 Å². The van der Waals surface area contributed by atoms with E-state index in [-0.39, 0.29) is 24.0 Å². The average Bonchev–Trinajstić information content (AvgIpc) is 2.64. The number of nitrogens with one attached hydrogen (secondary N) is 1. The summed E-state index contributed by atoms with van der Waals surface area (Å²) < 4.78 is 34.2. The van der Waals surface area contributed by atoms with Gasteiger partial charge in [0, 0.05) is 12.2 Å². The van der Waals surface area contributed by atoms with E-state index in [9.17, 15) is 13.6 Å². The van der Waals surface area contributed by atoms with Crippen LogP contribution < -0.4 is 14.8 Å². The number of carbonyl (C=O) groups excluding carboxylic acids is 1. The summed E-state index contributed by atoms with van der Waals surface area (Å²) in [6, 6.07) is 13.8. The standard InChI is InChI=1S/C20H21F2N3O3/c1-25(12-15-5-8-17(28-20(21)22)18(11-15)27-2)13-19(26)24-16-6-3-14(4-7-16)9-10-23/h3-8,11,20H,9,12-13H2,1-2H3,(H,24,26). The lowest BCUT2D eigenvalue weighted by Gasteiger charge is -2.18. The van der Waals surface area contributed by atoms with Crippen LogP contribution in [0, 0.1) is 11.3 Å². The van der Waals surface area contributed by atoms with Gasteiger partial charge in [0.05, 0.1) is 26.1 Å². The molecule has 0 radical (unpaired) electrons. The Kier molecular flexibility index (Phi) is 7.72. The number of benzene rings is 2. The van der Waals surface area contributed by atoms with E-state index < -0.39 is 6.61 Å². The number of amides is 1.